The van der Waals surface area contributed by atoms with Crippen molar-refractivity contribution in [2.45, 2.75) is 386 Å². The lowest BCUT2D eigenvalue weighted by Gasteiger charge is -2.18. The maximum atomic E-state index is 12.9. The van der Waals surface area contributed by atoms with Gasteiger partial charge in [0.25, 0.3) is 0 Å². The molecule has 0 spiro atoms. The molecule has 0 N–H and O–H groups in total. The summed E-state index contributed by atoms with van der Waals surface area (Å²) in [4.78, 5) is 38.4. The maximum absolute atomic E-state index is 12.9. The Morgan fingerprint density at radius 3 is 0.734 bits per heavy atom. The Bertz CT molecular complexity index is 1360. The van der Waals surface area contributed by atoms with Gasteiger partial charge < -0.3 is 14.2 Å². The van der Waals surface area contributed by atoms with Crippen LogP contribution in [0.4, 0.5) is 0 Å². The molecular weight excluding hydrogens is 973 g/mol. The fourth-order valence-corrected chi connectivity index (χ4v) is 10.5. The number of ether oxygens (including phenoxy) is 3. The Balaban J connectivity index is 4.22. The highest BCUT2D eigenvalue weighted by molar-refractivity contribution is 5.71. The maximum Gasteiger partial charge on any atom is 0.306 e. The summed E-state index contributed by atoms with van der Waals surface area (Å²) in [7, 11) is 0. The topological polar surface area (TPSA) is 78.9 Å². The van der Waals surface area contributed by atoms with Crippen molar-refractivity contribution >= 4 is 17.9 Å². The number of unbranched alkanes of at least 4 members (excludes halogenated alkanes) is 46. The van der Waals surface area contributed by atoms with Gasteiger partial charge in [0.15, 0.2) is 6.10 Å². The molecule has 0 bridgehead atoms. The van der Waals surface area contributed by atoms with Gasteiger partial charge in [0, 0.05) is 19.3 Å². The zero-order valence-corrected chi connectivity index (χ0v) is 53.2. The van der Waals surface area contributed by atoms with Crippen molar-refractivity contribution in [1.29, 1.82) is 0 Å². The lowest BCUT2D eigenvalue weighted by molar-refractivity contribution is -0.167. The third kappa shape index (κ3) is 66.1. The lowest BCUT2D eigenvalue weighted by atomic mass is 10.0. The molecule has 6 heteroatoms. The summed E-state index contributed by atoms with van der Waals surface area (Å²) >= 11 is 0. The van der Waals surface area contributed by atoms with E-state index in [0.29, 0.717) is 19.3 Å². The molecule has 0 aliphatic carbocycles. The van der Waals surface area contributed by atoms with Gasteiger partial charge in [-0.05, 0) is 103 Å². The SMILES string of the molecule is CCCCC/C=C\C/C=C\CCCCCCCC(=O)OCC(COC(=O)CCCCCCCCCCCCCCCCCCC/C=C\CCCCCCCCCC)OC(=O)CCCCCCCCC/C=C\CCCCCCCC. The number of allylic oxidation sites excluding steroid dienone is 8. The van der Waals surface area contributed by atoms with Gasteiger partial charge in [0.05, 0.1) is 0 Å². The van der Waals surface area contributed by atoms with Gasteiger partial charge in [0.1, 0.15) is 13.2 Å². The van der Waals surface area contributed by atoms with Crippen molar-refractivity contribution in [3.8, 4) is 0 Å². The Morgan fingerprint density at radius 2 is 0.456 bits per heavy atom. The van der Waals surface area contributed by atoms with E-state index in [4.69, 9.17) is 14.2 Å². The summed E-state index contributed by atoms with van der Waals surface area (Å²) in [6.45, 7) is 6.65. The van der Waals surface area contributed by atoms with E-state index in [-0.39, 0.29) is 31.1 Å². The average molecular weight is 1110 g/mol. The first-order valence-electron chi connectivity index (χ1n) is 35.1. The van der Waals surface area contributed by atoms with Crippen LogP contribution in [0.3, 0.4) is 0 Å². The molecule has 0 aromatic rings. The van der Waals surface area contributed by atoms with Crippen LogP contribution in [-0.2, 0) is 28.6 Å². The fourth-order valence-electron chi connectivity index (χ4n) is 10.5. The number of carbonyl (C=O) groups is 3. The number of esters is 3. The van der Waals surface area contributed by atoms with E-state index in [2.05, 4.69) is 69.4 Å². The van der Waals surface area contributed by atoms with Gasteiger partial charge in [0.2, 0.25) is 0 Å². The van der Waals surface area contributed by atoms with Gasteiger partial charge in [-0.3, -0.25) is 14.4 Å². The fraction of sp³-hybridized carbons (Fsp3) is 0.849. The van der Waals surface area contributed by atoms with Crippen molar-refractivity contribution in [3.63, 3.8) is 0 Å². The molecule has 0 amide bonds. The first-order valence-corrected chi connectivity index (χ1v) is 35.1. The molecule has 0 aromatic carbocycles. The number of hydrogen-bond donors (Lipinski definition) is 0. The van der Waals surface area contributed by atoms with Crippen molar-refractivity contribution in [3.05, 3.63) is 48.6 Å². The van der Waals surface area contributed by atoms with Crippen LogP contribution in [-0.4, -0.2) is 37.2 Å². The Kier molecular flexibility index (Phi) is 65.6. The normalized spacial score (nSPS) is 12.3. The Morgan fingerprint density at radius 1 is 0.253 bits per heavy atom. The van der Waals surface area contributed by atoms with Gasteiger partial charge in [-0.2, -0.15) is 0 Å². The van der Waals surface area contributed by atoms with Gasteiger partial charge in [-0.15, -0.1) is 0 Å². The molecule has 0 fully saturated rings. The molecule has 0 aromatic heterocycles. The molecule has 1 atom stereocenters. The Hall–Kier alpha value is -2.63. The first-order chi connectivity index (χ1) is 39.0. The molecule has 0 heterocycles. The minimum Gasteiger partial charge on any atom is -0.462 e. The van der Waals surface area contributed by atoms with Crippen LogP contribution in [0.1, 0.15) is 380 Å². The summed E-state index contributed by atoms with van der Waals surface area (Å²) in [5.74, 6) is -0.871. The highest BCUT2D eigenvalue weighted by Crippen LogP contribution is 2.18. The van der Waals surface area contributed by atoms with Crippen LogP contribution in [0.25, 0.3) is 0 Å². The highest BCUT2D eigenvalue weighted by Gasteiger charge is 2.19. The molecule has 0 aliphatic heterocycles. The van der Waals surface area contributed by atoms with E-state index in [1.165, 1.54) is 263 Å². The third-order valence-corrected chi connectivity index (χ3v) is 15.8. The minimum atomic E-state index is -0.781. The second kappa shape index (κ2) is 67.9. The second-order valence-corrected chi connectivity index (χ2v) is 23.8. The van der Waals surface area contributed by atoms with E-state index < -0.39 is 6.10 Å². The minimum absolute atomic E-state index is 0.0759. The van der Waals surface area contributed by atoms with Crippen molar-refractivity contribution in [1.82, 2.24) is 0 Å². The Labute approximate surface area is 492 Å². The molecule has 79 heavy (non-hydrogen) atoms. The number of hydrogen-bond acceptors (Lipinski definition) is 6. The van der Waals surface area contributed by atoms with Crippen LogP contribution < -0.4 is 0 Å². The summed E-state index contributed by atoms with van der Waals surface area (Å²) in [5, 5.41) is 0. The third-order valence-electron chi connectivity index (χ3n) is 15.8. The predicted molar refractivity (Wildman–Crippen MR) is 344 cm³/mol. The molecule has 0 saturated heterocycles. The molecule has 6 nitrogen and oxygen atoms in total. The van der Waals surface area contributed by atoms with Gasteiger partial charge in [-0.1, -0.05) is 307 Å². The van der Waals surface area contributed by atoms with E-state index in [1.54, 1.807) is 0 Å². The molecule has 462 valence electrons. The smallest absolute Gasteiger partial charge is 0.306 e. The molecule has 1 unspecified atom stereocenters. The van der Waals surface area contributed by atoms with E-state index in [0.717, 1.165) is 77.0 Å². The van der Waals surface area contributed by atoms with E-state index in [1.807, 2.05) is 0 Å². The quantitative estimate of drug-likeness (QED) is 0.0261. The van der Waals surface area contributed by atoms with Crippen LogP contribution in [0.2, 0.25) is 0 Å². The van der Waals surface area contributed by atoms with Crippen molar-refractivity contribution in [2.75, 3.05) is 13.2 Å². The monoisotopic (exact) mass is 1110 g/mol. The number of carbonyl (C=O) groups excluding carboxylic acids is 3. The summed E-state index contributed by atoms with van der Waals surface area (Å²) in [6.07, 6.45) is 85.7. The zero-order valence-electron chi connectivity index (χ0n) is 53.2. The van der Waals surface area contributed by atoms with Gasteiger partial charge >= 0.3 is 17.9 Å². The molecular formula is C73H134O6. The van der Waals surface area contributed by atoms with Crippen molar-refractivity contribution in [2.24, 2.45) is 0 Å². The predicted octanol–water partition coefficient (Wildman–Crippen LogP) is 24.1. The largest absolute Gasteiger partial charge is 0.462 e. The standard InChI is InChI=1S/C73H134O6/c1-4-7-10-13-16-19-22-25-28-30-31-32-33-34-35-36-37-38-39-40-41-43-45-48-51-54-57-60-63-66-72(75)78-69-70(68-77-71(74)65-62-59-56-53-50-47-44-27-24-21-18-15-12-9-6-3)79-73(76)67-64-61-58-55-52-49-46-42-29-26-23-20-17-14-11-8-5-2/h18,21,26-27,29-31,44,70H,4-17,19-20,22-25,28,32-43,45-69H2,1-3H3/b21-18-,29-26-,31-30-,44-27-. The summed E-state index contributed by atoms with van der Waals surface area (Å²) in [5.41, 5.74) is 0. The highest BCUT2D eigenvalue weighted by atomic mass is 16.6. The second-order valence-electron chi connectivity index (χ2n) is 23.8. The molecule has 0 saturated carbocycles. The lowest BCUT2D eigenvalue weighted by Crippen LogP contribution is -2.30. The van der Waals surface area contributed by atoms with Crippen LogP contribution in [0.5, 0.6) is 0 Å². The zero-order chi connectivity index (χ0) is 57.1. The van der Waals surface area contributed by atoms with Crippen LogP contribution >= 0.6 is 0 Å². The number of rotatable bonds is 65. The van der Waals surface area contributed by atoms with Crippen molar-refractivity contribution < 1.29 is 28.6 Å². The summed E-state index contributed by atoms with van der Waals surface area (Å²) in [6, 6.07) is 0. The molecule has 0 radical (unpaired) electrons. The van der Waals surface area contributed by atoms with E-state index >= 15 is 0 Å². The molecule has 0 rings (SSSR count). The summed E-state index contributed by atoms with van der Waals surface area (Å²) < 4.78 is 17.0. The first kappa shape index (κ1) is 76.4. The van der Waals surface area contributed by atoms with Crippen LogP contribution in [0, 0.1) is 0 Å². The average Bonchev–Trinajstić information content (AvgIpc) is 3.45. The van der Waals surface area contributed by atoms with E-state index in [9.17, 15) is 14.4 Å². The van der Waals surface area contributed by atoms with Crippen LogP contribution in [0.15, 0.2) is 48.6 Å². The van der Waals surface area contributed by atoms with Gasteiger partial charge in [-0.25, -0.2) is 0 Å². The molecule has 0 aliphatic rings.